The Kier molecular flexibility index (Phi) is 2.43. The summed E-state index contributed by atoms with van der Waals surface area (Å²) in [5, 5.41) is 0.554. The van der Waals surface area contributed by atoms with E-state index in [1.807, 2.05) is 0 Å². The predicted octanol–water partition coefficient (Wildman–Crippen LogP) is 2.54. The molecule has 6 heteroatoms. The van der Waals surface area contributed by atoms with Crippen molar-refractivity contribution in [2.75, 3.05) is 5.43 Å². The maximum Gasteiger partial charge on any atom is 0.433 e. The number of pyridine rings is 1. The first kappa shape index (κ1) is 10.7. The number of rotatable bonds is 1. The number of halogens is 3. The van der Waals surface area contributed by atoms with Crippen LogP contribution >= 0.6 is 0 Å². The molecule has 0 aliphatic heterocycles. The van der Waals surface area contributed by atoms with E-state index in [0.29, 0.717) is 5.39 Å². The lowest BCUT2D eigenvalue weighted by atomic mass is 10.1. The molecule has 1 aromatic carbocycles. The van der Waals surface area contributed by atoms with Gasteiger partial charge in [0.15, 0.2) is 0 Å². The van der Waals surface area contributed by atoms with Gasteiger partial charge in [-0.3, -0.25) is 5.84 Å². The van der Waals surface area contributed by atoms with Gasteiger partial charge in [-0.25, -0.2) is 4.98 Å². The molecule has 0 aliphatic carbocycles. The highest BCUT2D eigenvalue weighted by molar-refractivity contribution is 5.91. The van der Waals surface area contributed by atoms with E-state index < -0.39 is 11.9 Å². The number of para-hydroxylation sites is 1. The van der Waals surface area contributed by atoms with Gasteiger partial charge in [-0.1, -0.05) is 18.2 Å². The number of hydrogen-bond donors (Lipinski definition) is 2. The lowest BCUT2D eigenvalue weighted by Crippen LogP contribution is -2.12. The molecule has 0 bridgehead atoms. The fraction of sp³-hybridized carbons (Fsp3) is 0.100. The molecule has 0 aliphatic rings. The van der Waals surface area contributed by atoms with Crippen molar-refractivity contribution < 1.29 is 13.2 Å². The van der Waals surface area contributed by atoms with E-state index in [2.05, 4.69) is 10.4 Å². The van der Waals surface area contributed by atoms with Crippen LogP contribution in [0.25, 0.3) is 10.9 Å². The first-order valence-electron chi connectivity index (χ1n) is 4.46. The van der Waals surface area contributed by atoms with Gasteiger partial charge in [-0.2, -0.15) is 13.2 Å². The Bertz CT molecular complexity index is 522. The Balaban J connectivity index is 2.73. The first-order valence-corrected chi connectivity index (χ1v) is 4.46. The molecule has 16 heavy (non-hydrogen) atoms. The SMILES string of the molecule is NNc1cc(C(F)(F)F)nc2ccccc12. The number of nitrogens with one attached hydrogen (secondary N) is 1. The molecule has 2 aromatic rings. The van der Waals surface area contributed by atoms with Crippen LogP contribution in [0.4, 0.5) is 18.9 Å². The molecule has 0 spiro atoms. The van der Waals surface area contributed by atoms with Crippen molar-refractivity contribution in [3.05, 3.63) is 36.0 Å². The van der Waals surface area contributed by atoms with E-state index in [0.717, 1.165) is 6.07 Å². The average molecular weight is 227 g/mol. The molecule has 0 saturated carbocycles. The van der Waals surface area contributed by atoms with Crippen molar-refractivity contribution in [3.8, 4) is 0 Å². The number of nitrogens with two attached hydrogens (primary N) is 1. The summed E-state index contributed by atoms with van der Waals surface area (Å²) in [5.74, 6) is 5.18. The summed E-state index contributed by atoms with van der Waals surface area (Å²) in [6, 6.07) is 7.37. The van der Waals surface area contributed by atoms with Crippen LogP contribution in [0.2, 0.25) is 0 Å². The second kappa shape index (κ2) is 3.64. The molecule has 0 saturated heterocycles. The summed E-state index contributed by atoms with van der Waals surface area (Å²) in [5.41, 5.74) is 1.74. The van der Waals surface area contributed by atoms with Crippen LogP contribution in [0.1, 0.15) is 5.69 Å². The van der Waals surface area contributed by atoms with E-state index in [9.17, 15) is 13.2 Å². The Hall–Kier alpha value is -1.82. The summed E-state index contributed by atoms with van der Waals surface area (Å²) >= 11 is 0. The number of benzene rings is 1. The summed E-state index contributed by atoms with van der Waals surface area (Å²) in [7, 11) is 0. The average Bonchev–Trinajstić information content (AvgIpc) is 2.26. The van der Waals surface area contributed by atoms with Gasteiger partial charge in [0.2, 0.25) is 0 Å². The molecule has 3 N–H and O–H groups in total. The van der Waals surface area contributed by atoms with Gasteiger partial charge in [0, 0.05) is 5.39 Å². The second-order valence-corrected chi connectivity index (χ2v) is 3.21. The van der Waals surface area contributed by atoms with E-state index in [4.69, 9.17) is 5.84 Å². The quantitative estimate of drug-likeness (QED) is 0.581. The van der Waals surface area contributed by atoms with Crippen molar-refractivity contribution in [3.63, 3.8) is 0 Å². The Morgan fingerprint density at radius 3 is 2.50 bits per heavy atom. The number of anilines is 1. The molecule has 0 radical (unpaired) electrons. The zero-order valence-corrected chi connectivity index (χ0v) is 8.05. The Labute approximate surface area is 89.1 Å². The summed E-state index contributed by atoms with van der Waals surface area (Å²) in [4.78, 5) is 3.53. The molecule has 84 valence electrons. The van der Waals surface area contributed by atoms with Crippen LogP contribution < -0.4 is 11.3 Å². The van der Waals surface area contributed by atoms with Gasteiger partial charge in [-0.15, -0.1) is 0 Å². The predicted molar refractivity (Wildman–Crippen MR) is 54.6 cm³/mol. The minimum atomic E-state index is -4.48. The molecular formula is C10H8F3N3. The molecule has 0 unspecified atom stereocenters. The largest absolute Gasteiger partial charge is 0.433 e. The van der Waals surface area contributed by atoms with Gasteiger partial charge in [0.25, 0.3) is 0 Å². The van der Waals surface area contributed by atoms with Crippen molar-refractivity contribution in [1.82, 2.24) is 4.98 Å². The van der Waals surface area contributed by atoms with Crippen LogP contribution in [0, 0.1) is 0 Å². The standard InChI is InChI=1S/C10H8F3N3/c11-10(12,13)9-5-8(16-14)6-3-1-2-4-7(6)15-9/h1-5H,14H2,(H,15,16). The molecule has 0 amide bonds. The van der Waals surface area contributed by atoms with Gasteiger partial charge < -0.3 is 5.43 Å². The lowest BCUT2D eigenvalue weighted by Gasteiger charge is -2.10. The monoisotopic (exact) mass is 227 g/mol. The van der Waals surface area contributed by atoms with Crippen molar-refractivity contribution >= 4 is 16.6 Å². The highest BCUT2D eigenvalue weighted by Gasteiger charge is 2.33. The molecule has 0 fully saturated rings. The number of hydrazine groups is 1. The summed E-state index contributed by atoms with van der Waals surface area (Å²) < 4.78 is 37.5. The zero-order chi connectivity index (χ0) is 11.8. The number of alkyl halides is 3. The molecule has 1 heterocycles. The minimum Gasteiger partial charge on any atom is -0.323 e. The lowest BCUT2D eigenvalue weighted by molar-refractivity contribution is -0.140. The number of aromatic nitrogens is 1. The van der Waals surface area contributed by atoms with E-state index in [-0.39, 0.29) is 11.2 Å². The fourth-order valence-corrected chi connectivity index (χ4v) is 1.44. The summed E-state index contributed by atoms with van der Waals surface area (Å²) in [6.07, 6.45) is -4.48. The Morgan fingerprint density at radius 1 is 1.19 bits per heavy atom. The molecule has 2 rings (SSSR count). The number of hydrogen-bond acceptors (Lipinski definition) is 3. The first-order chi connectivity index (χ1) is 7.52. The van der Waals surface area contributed by atoms with Gasteiger partial charge in [0.05, 0.1) is 11.2 Å². The van der Waals surface area contributed by atoms with Crippen molar-refractivity contribution in [2.24, 2.45) is 5.84 Å². The highest BCUT2D eigenvalue weighted by Crippen LogP contribution is 2.32. The van der Waals surface area contributed by atoms with E-state index in [1.54, 1.807) is 18.2 Å². The third kappa shape index (κ3) is 1.79. The maximum atomic E-state index is 12.5. The Morgan fingerprint density at radius 2 is 1.88 bits per heavy atom. The maximum absolute atomic E-state index is 12.5. The topological polar surface area (TPSA) is 50.9 Å². The van der Waals surface area contributed by atoms with Crippen LogP contribution in [0.5, 0.6) is 0 Å². The summed E-state index contributed by atoms with van der Waals surface area (Å²) in [6.45, 7) is 0. The highest BCUT2D eigenvalue weighted by atomic mass is 19.4. The molecule has 3 nitrogen and oxygen atoms in total. The smallest absolute Gasteiger partial charge is 0.323 e. The van der Waals surface area contributed by atoms with Gasteiger partial charge in [-0.05, 0) is 12.1 Å². The fourth-order valence-electron chi connectivity index (χ4n) is 1.44. The van der Waals surface area contributed by atoms with Crippen LogP contribution in [-0.2, 0) is 6.18 Å². The van der Waals surface area contributed by atoms with Crippen molar-refractivity contribution in [1.29, 1.82) is 0 Å². The number of nitrogen functional groups attached to an aromatic ring is 1. The van der Waals surface area contributed by atoms with Crippen molar-refractivity contribution in [2.45, 2.75) is 6.18 Å². The molecule has 0 atom stereocenters. The molecular weight excluding hydrogens is 219 g/mol. The minimum absolute atomic E-state index is 0.206. The van der Waals surface area contributed by atoms with Gasteiger partial charge in [0.1, 0.15) is 5.69 Å². The van der Waals surface area contributed by atoms with Crippen LogP contribution in [0.3, 0.4) is 0 Å². The molecule has 1 aromatic heterocycles. The number of nitrogens with zero attached hydrogens (tertiary/aromatic N) is 1. The van der Waals surface area contributed by atoms with Crippen LogP contribution in [0.15, 0.2) is 30.3 Å². The zero-order valence-electron chi connectivity index (χ0n) is 8.05. The van der Waals surface area contributed by atoms with Crippen LogP contribution in [-0.4, -0.2) is 4.98 Å². The second-order valence-electron chi connectivity index (χ2n) is 3.21. The normalized spacial score (nSPS) is 11.8. The number of fused-ring (bicyclic) bond motifs is 1. The van der Waals surface area contributed by atoms with E-state index in [1.165, 1.54) is 6.07 Å². The van der Waals surface area contributed by atoms with Gasteiger partial charge >= 0.3 is 6.18 Å². The van der Waals surface area contributed by atoms with E-state index >= 15 is 0 Å². The third-order valence-corrected chi connectivity index (χ3v) is 2.16. The third-order valence-electron chi connectivity index (χ3n) is 2.16.